The van der Waals surface area contributed by atoms with E-state index in [1.54, 1.807) is 24.3 Å². The molecule has 0 aliphatic rings. The smallest absolute Gasteiger partial charge is 0.255 e. The molecule has 0 heterocycles. The molecular weight excluding hydrogens is 336 g/mol. The number of benzene rings is 2. The molecule has 0 radical (unpaired) electrons. The van der Waals surface area contributed by atoms with Crippen LogP contribution in [-0.2, 0) is 10.0 Å². The number of hydrogen-bond donors (Lipinski definition) is 1. The zero-order valence-electron chi connectivity index (χ0n) is 10.6. The van der Waals surface area contributed by atoms with Crippen LogP contribution in [0.1, 0.15) is 5.56 Å². The van der Waals surface area contributed by atoms with Crippen molar-refractivity contribution in [3.63, 3.8) is 0 Å². The van der Waals surface area contributed by atoms with Crippen molar-refractivity contribution in [3.8, 4) is 0 Å². The van der Waals surface area contributed by atoms with Crippen LogP contribution in [0.4, 0.5) is 10.1 Å². The largest absolute Gasteiger partial charge is 0.277 e. The van der Waals surface area contributed by atoms with Crippen LogP contribution in [0.15, 0.2) is 47.9 Å². The van der Waals surface area contributed by atoms with Crippen LogP contribution >= 0.6 is 23.2 Å². The Hall–Kier alpha value is -1.56. The van der Waals surface area contributed by atoms with E-state index in [1.807, 2.05) is 0 Å². The Balaban J connectivity index is 2.16. The highest BCUT2D eigenvalue weighted by atomic mass is 35.5. The summed E-state index contributed by atoms with van der Waals surface area (Å²) in [4.78, 5) is 0. The van der Waals surface area contributed by atoms with Gasteiger partial charge in [0, 0.05) is 10.0 Å². The lowest BCUT2D eigenvalue weighted by molar-refractivity contribution is 0.606. The molecule has 2 aromatic rings. The Morgan fingerprint density at radius 1 is 1.00 bits per heavy atom. The quantitative estimate of drug-likeness (QED) is 0.883. The minimum absolute atomic E-state index is 0.167. The Labute approximate surface area is 132 Å². The third-order valence-electron chi connectivity index (χ3n) is 2.49. The maximum atomic E-state index is 13.5. The zero-order chi connectivity index (χ0) is 15.5. The SMILES string of the molecule is O=S(=O)(/C=C/c1ccc(Cl)cc1)Nc1ccc(Cl)cc1F. The summed E-state index contributed by atoms with van der Waals surface area (Å²) < 4.78 is 39.4. The second-order valence-corrected chi connectivity index (χ2v) is 6.56. The summed E-state index contributed by atoms with van der Waals surface area (Å²) in [6, 6.07) is 10.3. The first-order chi connectivity index (χ1) is 9.85. The van der Waals surface area contributed by atoms with Gasteiger partial charge in [-0.05, 0) is 42.0 Å². The number of sulfonamides is 1. The van der Waals surface area contributed by atoms with Gasteiger partial charge in [-0.25, -0.2) is 12.8 Å². The average molecular weight is 346 g/mol. The minimum Gasteiger partial charge on any atom is -0.277 e. The topological polar surface area (TPSA) is 46.2 Å². The highest BCUT2D eigenvalue weighted by Crippen LogP contribution is 2.20. The number of anilines is 1. The van der Waals surface area contributed by atoms with E-state index < -0.39 is 15.8 Å². The number of nitrogens with one attached hydrogen (secondary N) is 1. The van der Waals surface area contributed by atoms with Crippen LogP contribution in [0.5, 0.6) is 0 Å². The highest BCUT2D eigenvalue weighted by Gasteiger charge is 2.10. The van der Waals surface area contributed by atoms with E-state index in [4.69, 9.17) is 23.2 Å². The molecule has 0 saturated heterocycles. The molecule has 110 valence electrons. The Morgan fingerprint density at radius 2 is 1.62 bits per heavy atom. The van der Waals surface area contributed by atoms with Gasteiger partial charge in [0.2, 0.25) is 0 Å². The summed E-state index contributed by atoms with van der Waals surface area (Å²) in [5, 5.41) is 1.69. The normalized spacial score (nSPS) is 11.8. The predicted molar refractivity (Wildman–Crippen MR) is 84.4 cm³/mol. The maximum Gasteiger partial charge on any atom is 0.255 e. The molecule has 0 bridgehead atoms. The molecule has 0 aromatic heterocycles. The lowest BCUT2D eigenvalue weighted by Crippen LogP contribution is -2.10. The molecule has 0 fully saturated rings. The van der Waals surface area contributed by atoms with Gasteiger partial charge in [-0.1, -0.05) is 35.3 Å². The highest BCUT2D eigenvalue weighted by molar-refractivity contribution is 7.95. The van der Waals surface area contributed by atoms with Crippen LogP contribution in [0.2, 0.25) is 10.0 Å². The molecule has 7 heteroatoms. The number of rotatable bonds is 4. The van der Waals surface area contributed by atoms with Crippen molar-refractivity contribution in [2.24, 2.45) is 0 Å². The molecule has 3 nitrogen and oxygen atoms in total. The molecule has 2 aromatic carbocycles. The van der Waals surface area contributed by atoms with E-state index in [0.29, 0.717) is 10.6 Å². The van der Waals surface area contributed by atoms with Crippen molar-refractivity contribution in [3.05, 3.63) is 69.3 Å². The molecule has 0 aliphatic carbocycles. The Kier molecular flexibility index (Phi) is 4.88. The van der Waals surface area contributed by atoms with Gasteiger partial charge < -0.3 is 0 Å². The summed E-state index contributed by atoms with van der Waals surface area (Å²) >= 11 is 11.3. The molecule has 0 unspecified atom stereocenters. The summed E-state index contributed by atoms with van der Waals surface area (Å²) in [5.41, 5.74) is 0.488. The molecular formula is C14H10Cl2FNO2S. The maximum absolute atomic E-state index is 13.5. The third kappa shape index (κ3) is 4.74. The van der Waals surface area contributed by atoms with Gasteiger partial charge in [0.25, 0.3) is 10.0 Å². The Morgan fingerprint density at radius 3 is 2.24 bits per heavy atom. The summed E-state index contributed by atoms with van der Waals surface area (Å²) in [7, 11) is -3.82. The molecule has 1 N–H and O–H groups in total. The van der Waals surface area contributed by atoms with E-state index in [1.165, 1.54) is 18.2 Å². The van der Waals surface area contributed by atoms with E-state index in [0.717, 1.165) is 11.5 Å². The third-order valence-corrected chi connectivity index (χ3v) is 3.98. The molecule has 0 atom stereocenters. The van der Waals surface area contributed by atoms with E-state index in [2.05, 4.69) is 4.72 Å². The van der Waals surface area contributed by atoms with Crippen molar-refractivity contribution in [1.29, 1.82) is 0 Å². The monoisotopic (exact) mass is 345 g/mol. The lowest BCUT2D eigenvalue weighted by Gasteiger charge is -2.05. The molecule has 0 spiro atoms. The fourth-order valence-electron chi connectivity index (χ4n) is 1.50. The first kappa shape index (κ1) is 15.8. The van der Waals surface area contributed by atoms with Gasteiger partial charge in [0.15, 0.2) is 0 Å². The molecule has 21 heavy (non-hydrogen) atoms. The fraction of sp³-hybridized carbons (Fsp3) is 0. The standard InChI is InChI=1S/C14H10Cl2FNO2S/c15-11-3-1-10(2-4-11)7-8-21(19,20)18-14-6-5-12(16)9-13(14)17/h1-9,18H/b8-7+. The molecule has 0 saturated carbocycles. The molecule has 2 rings (SSSR count). The fourth-order valence-corrected chi connectivity index (χ4v) is 2.66. The Bertz CT molecular complexity index is 774. The van der Waals surface area contributed by atoms with Gasteiger partial charge in [-0.2, -0.15) is 0 Å². The van der Waals surface area contributed by atoms with Crippen molar-refractivity contribution < 1.29 is 12.8 Å². The minimum atomic E-state index is -3.82. The second-order valence-electron chi connectivity index (χ2n) is 4.13. The molecule has 0 amide bonds. The summed E-state index contributed by atoms with van der Waals surface area (Å²) in [5.74, 6) is -0.744. The van der Waals surface area contributed by atoms with Crippen molar-refractivity contribution in [1.82, 2.24) is 0 Å². The van der Waals surface area contributed by atoms with Crippen molar-refractivity contribution >= 4 is 45.0 Å². The zero-order valence-corrected chi connectivity index (χ0v) is 12.9. The van der Waals surface area contributed by atoms with Gasteiger partial charge in [0.1, 0.15) is 5.82 Å². The van der Waals surface area contributed by atoms with Gasteiger partial charge in [0.05, 0.1) is 11.1 Å². The van der Waals surface area contributed by atoms with Gasteiger partial charge >= 0.3 is 0 Å². The van der Waals surface area contributed by atoms with Crippen LogP contribution in [0.25, 0.3) is 6.08 Å². The van der Waals surface area contributed by atoms with Crippen LogP contribution in [0.3, 0.4) is 0 Å². The summed E-state index contributed by atoms with van der Waals surface area (Å²) in [6.07, 6.45) is 1.38. The van der Waals surface area contributed by atoms with Gasteiger partial charge in [-0.15, -0.1) is 0 Å². The first-order valence-electron chi connectivity index (χ1n) is 5.77. The van der Waals surface area contributed by atoms with E-state index >= 15 is 0 Å². The van der Waals surface area contributed by atoms with Gasteiger partial charge in [-0.3, -0.25) is 4.72 Å². The van der Waals surface area contributed by atoms with Crippen LogP contribution in [0, 0.1) is 5.82 Å². The van der Waals surface area contributed by atoms with Crippen LogP contribution in [-0.4, -0.2) is 8.42 Å². The number of hydrogen-bond acceptors (Lipinski definition) is 2. The molecule has 0 aliphatic heterocycles. The second kappa shape index (κ2) is 6.47. The van der Waals surface area contributed by atoms with Crippen molar-refractivity contribution in [2.45, 2.75) is 0 Å². The predicted octanol–water partition coefficient (Wildman–Crippen LogP) is 4.55. The van der Waals surface area contributed by atoms with Crippen LogP contribution < -0.4 is 4.72 Å². The average Bonchev–Trinajstić information content (AvgIpc) is 2.41. The number of halogens is 3. The lowest BCUT2D eigenvalue weighted by atomic mass is 10.2. The van der Waals surface area contributed by atoms with Crippen molar-refractivity contribution in [2.75, 3.05) is 4.72 Å². The van der Waals surface area contributed by atoms with E-state index in [-0.39, 0.29) is 10.7 Å². The summed E-state index contributed by atoms with van der Waals surface area (Å²) in [6.45, 7) is 0. The first-order valence-corrected chi connectivity index (χ1v) is 8.07. The van der Waals surface area contributed by atoms with E-state index in [9.17, 15) is 12.8 Å².